The number of anilines is 2. The van der Waals surface area contributed by atoms with Crippen LogP contribution in [0.15, 0.2) is 24.3 Å². The Labute approximate surface area is 118 Å². The minimum Gasteiger partial charge on any atom is -0.381 e. The van der Waals surface area contributed by atoms with E-state index in [2.05, 4.69) is 29.1 Å². The predicted molar refractivity (Wildman–Crippen MR) is 84.7 cm³/mol. The van der Waals surface area contributed by atoms with Crippen molar-refractivity contribution in [3.8, 4) is 0 Å². The standard InChI is InChI=1S/C14H20N4S/c1-3-19-9-8-10(2)16-14-13(15)17-11-6-4-5-7-12(11)18-14/h4-7,10H,3,8-9H2,1-2H3,(H2,15,17)(H,16,18). The Kier molecular flexibility index (Phi) is 4.85. The quantitative estimate of drug-likeness (QED) is 0.793. The van der Waals surface area contributed by atoms with E-state index in [9.17, 15) is 0 Å². The van der Waals surface area contributed by atoms with Gasteiger partial charge in [-0.05, 0) is 37.0 Å². The summed E-state index contributed by atoms with van der Waals surface area (Å²) in [5.41, 5.74) is 7.65. The molecule has 0 spiro atoms. The lowest BCUT2D eigenvalue weighted by Gasteiger charge is -2.15. The highest BCUT2D eigenvalue weighted by atomic mass is 32.2. The van der Waals surface area contributed by atoms with Crippen LogP contribution in [0.3, 0.4) is 0 Å². The van der Waals surface area contributed by atoms with Gasteiger partial charge in [-0.15, -0.1) is 0 Å². The average Bonchev–Trinajstić information content (AvgIpc) is 2.40. The normalized spacial score (nSPS) is 12.5. The maximum atomic E-state index is 5.95. The summed E-state index contributed by atoms with van der Waals surface area (Å²) < 4.78 is 0. The minimum atomic E-state index is 0.344. The number of para-hydroxylation sites is 2. The smallest absolute Gasteiger partial charge is 0.169 e. The first-order valence-corrected chi connectivity index (χ1v) is 7.72. The van der Waals surface area contributed by atoms with Crippen molar-refractivity contribution in [2.24, 2.45) is 0 Å². The van der Waals surface area contributed by atoms with Crippen molar-refractivity contribution >= 4 is 34.4 Å². The van der Waals surface area contributed by atoms with Crippen LogP contribution < -0.4 is 11.1 Å². The highest BCUT2D eigenvalue weighted by molar-refractivity contribution is 7.99. The van der Waals surface area contributed by atoms with E-state index in [4.69, 9.17) is 5.73 Å². The molecule has 0 saturated heterocycles. The molecule has 0 aliphatic heterocycles. The van der Waals surface area contributed by atoms with Gasteiger partial charge in [0.15, 0.2) is 11.6 Å². The Morgan fingerprint density at radius 2 is 1.95 bits per heavy atom. The van der Waals surface area contributed by atoms with E-state index in [1.54, 1.807) is 0 Å². The maximum Gasteiger partial charge on any atom is 0.169 e. The first-order chi connectivity index (χ1) is 9.20. The van der Waals surface area contributed by atoms with Crippen LogP contribution in [-0.4, -0.2) is 27.5 Å². The molecule has 0 fully saturated rings. The molecule has 4 nitrogen and oxygen atoms in total. The number of fused-ring (bicyclic) bond motifs is 1. The predicted octanol–water partition coefficient (Wildman–Crippen LogP) is 3.16. The number of nitrogens with zero attached hydrogens (tertiary/aromatic N) is 2. The molecule has 0 aliphatic carbocycles. The Balaban J connectivity index is 2.09. The number of nitrogens with one attached hydrogen (secondary N) is 1. The lowest BCUT2D eigenvalue weighted by Crippen LogP contribution is -2.18. The summed E-state index contributed by atoms with van der Waals surface area (Å²) in [6.45, 7) is 4.32. The van der Waals surface area contributed by atoms with Gasteiger partial charge in [0.1, 0.15) is 0 Å². The zero-order valence-corrected chi connectivity index (χ0v) is 12.2. The fraction of sp³-hybridized carbons (Fsp3) is 0.429. The van der Waals surface area contributed by atoms with Gasteiger partial charge in [0, 0.05) is 6.04 Å². The molecule has 19 heavy (non-hydrogen) atoms. The second-order valence-electron chi connectivity index (χ2n) is 4.48. The van der Waals surface area contributed by atoms with E-state index < -0.39 is 0 Å². The van der Waals surface area contributed by atoms with Crippen LogP contribution in [0.2, 0.25) is 0 Å². The molecule has 102 valence electrons. The van der Waals surface area contributed by atoms with Crippen molar-refractivity contribution in [3.63, 3.8) is 0 Å². The molecular weight excluding hydrogens is 256 g/mol. The molecule has 0 amide bonds. The van der Waals surface area contributed by atoms with E-state index in [-0.39, 0.29) is 0 Å². The highest BCUT2D eigenvalue weighted by Crippen LogP contribution is 2.19. The number of nitrogen functional groups attached to an aromatic ring is 1. The van der Waals surface area contributed by atoms with Gasteiger partial charge in [0.2, 0.25) is 0 Å². The molecule has 1 unspecified atom stereocenters. The van der Waals surface area contributed by atoms with Gasteiger partial charge < -0.3 is 11.1 Å². The molecule has 3 N–H and O–H groups in total. The molecule has 0 bridgehead atoms. The van der Waals surface area contributed by atoms with Gasteiger partial charge in [-0.25, -0.2) is 9.97 Å². The van der Waals surface area contributed by atoms with Crippen LogP contribution in [0, 0.1) is 0 Å². The first-order valence-electron chi connectivity index (χ1n) is 6.57. The van der Waals surface area contributed by atoms with Crippen molar-refractivity contribution in [2.45, 2.75) is 26.3 Å². The van der Waals surface area contributed by atoms with Crippen molar-refractivity contribution < 1.29 is 0 Å². The monoisotopic (exact) mass is 276 g/mol. The zero-order chi connectivity index (χ0) is 13.7. The summed E-state index contributed by atoms with van der Waals surface area (Å²) in [7, 11) is 0. The van der Waals surface area contributed by atoms with Crippen LogP contribution in [0.25, 0.3) is 11.0 Å². The summed E-state index contributed by atoms with van der Waals surface area (Å²) in [5, 5.41) is 3.35. The number of thioether (sulfide) groups is 1. The summed E-state index contributed by atoms with van der Waals surface area (Å²) in [4.78, 5) is 8.91. The number of benzene rings is 1. The minimum absolute atomic E-state index is 0.344. The summed E-state index contributed by atoms with van der Waals surface area (Å²) in [6, 6.07) is 8.11. The largest absolute Gasteiger partial charge is 0.381 e. The van der Waals surface area contributed by atoms with E-state index in [0.29, 0.717) is 17.7 Å². The third-order valence-corrected chi connectivity index (χ3v) is 3.81. The van der Waals surface area contributed by atoms with Crippen LogP contribution in [-0.2, 0) is 0 Å². The Bertz CT molecular complexity index is 544. The summed E-state index contributed by atoms with van der Waals surface area (Å²) >= 11 is 1.95. The summed E-state index contributed by atoms with van der Waals surface area (Å²) in [6.07, 6.45) is 1.09. The van der Waals surface area contributed by atoms with E-state index in [1.165, 1.54) is 0 Å². The lowest BCUT2D eigenvalue weighted by molar-refractivity contribution is 0.767. The fourth-order valence-corrected chi connectivity index (χ4v) is 2.64. The molecule has 0 saturated carbocycles. The van der Waals surface area contributed by atoms with Crippen molar-refractivity contribution in [1.82, 2.24) is 9.97 Å². The van der Waals surface area contributed by atoms with Gasteiger partial charge >= 0.3 is 0 Å². The van der Waals surface area contributed by atoms with E-state index >= 15 is 0 Å². The topological polar surface area (TPSA) is 63.8 Å². The molecule has 2 aromatic rings. The van der Waals surface area contributed by atoms with Gasteiger partial charge in [0.25, 0.3) is 0 Å². The third kappa shape index (κ3) is 3.73. The van der Waals surface area contributed by atoms with Crippen molar-refractivity contribution in [3.05, 3.63) is 24.3 Å². The second-order valence-corrected chi connectivity index (χ2v) is 5.87. The lowest BCUT2D eigenvalue weighted by atomic mass is 10.2. The molecule has 0 aliphatic rings. The molecule has 5 heteroatoms. The van der Waals surface area contributed by atoms with Crippen molar-refractivity contribution in [1.29, 1.82) is 0 Å². The molecule has 2 rings (SSSR count). The fourth-order valence-electron chi connectivity index (χ4n) is 1.83. The van der Waals surface area contributed by atoms with Crippen LogP contribution in [0.4, 0.5) is 11.6 Å². The number of hydrogen-bond donors (Lipinski definition) is 2. The summed E-state index contributed by atoms with van der Waals surface area (Å²) in [5.74, 6) is 3.46. The molecule has 1 atom stereocenters. The Morgan fingerprint density at radius 3 is 2.63 bits per heavy atom. The molecule has 1 heterocycles. The molecule has 1 aromatic carbocycles. The number of nitrogens with two attached hydrogens (primary N) is 1. The van der Waals surface area contributed by atoms with Crippen LogP contribution >= 0.6 is 11.8 Å². The van der Waals surface area contributed by atoms with E-state index in [1.807, 2.05) is 36.0 Å². The third-order valence-electron chi connectivity index (χ3n) is 2.88. The highest BCUT2D eigenvalue weighted by Gasteiger charge is 2.08. The van der Waals surface area contributed by atoms with Crippen LogP contribution in [0.1, 0.15) is 20.3 Å². The van der Waals surface area contributed by atoms with Gasteiger partial charge in [-0.3, -0.25) is 0 Å². The SMILES string of the molecule is CCSCCC(C)Nc1nc2ccccc2nc1N. The first kappa shape index (κ1) is 13.9. The van der Waals surface area contributed by atoms with Gasteiger partial charge in [-0.1, -0.05) is 19.1 Å². The zero-order valence-electron chi connectivity index (χ0n) is 11.4. The van der Waals surface area contributed by atoms with E-state index in [0.717, 1.165) is 29.0 Å². The van der Waals surface area contributed by atoms with Crippen molar-refractivity contribution in [2.75, 3.05) is 22.6 Å². The number of aromatic nitrogens is 2. The molecular formula is C14H20N4S. The van der Waals surface area contributed by atoms with Gasteiger partial charge in [-0.2, -0.15) is 11.8 Å². The van der Waals surface area contributed by atoms with Gasteiger partial charge in [0.05, 0.1) is 11.0 Å². The molecule has 0 radical (unpaired) electrons. The van der Waals surface area contributed by atoms with Crippen LogP contribution in [0.5, 0.6) is 0 Å². The molecule has 1 aromatic heterocycles. The number of hydrogen-bond acceptors (Lipinski definition) is 5. The Hall–Kier alpha value is -1.49. The maximum absolute atomic E-state index is 5.95. The average molecular weight is 276 g/mol. The second kappa shape index (κ2) is 6.61. The number of rotatable bonds is 6. The Morgan fingerprint density at radius 1 is 1.26 bits per heavy atom.